The second kappa shape index (κ2) is 29.2. The summed E-state index contributed by atoms with van der Waals surface area (Å²) in [6.45, 7) is 20.1. The van der Waals surface area contributed by atoms with E-state index >= 15 is 0 Å². The molecule has 0 aromatic carbocycles. The SMILES string of the molecule is CCCCC(C)COP(=S)([S-])OCC(C)CCCC.CCCCC(C)COP(=S)([S-])OCC(C)CCCC.[Zn+2]. The Morgan fingerprint density at radius 2 is 0.667 bits per heavy atom. The van der Waals surface area contributed by atoms with E-state index in [2.05, 4.69) is 55.4 Å². The molecule has 0 fully saturated rings. The van der Waals surface area contributed by atoms with Gasteiger partial charge in [0.1, 0.15) is 0 Å². The molecule has 0 rings (SSSR count). The maximum Gasteiger partial charge on any atom is 2.00 e. The quantitative estimate of drug-likeness (QED) is 0.0555. The van der Waals surface area contributed by atoms with E-state index < -0.39 is 11.4 Å². The van der Waals surface area contributed by atoms with Gasteiger partial charge in [0.25, 0.3) is 0 Å². The van der Waals surface area contributed by atoms with Gasteiger partial charge in [-0.2, -0.15) is 0 Å². The molecule has 4 atom stereocenters. The van der Waals surface area contributed by atoms with Gasteiger partial charge < -0.3 is 42.6 Å². The molecule has 0 spiro atoms. The Kier molecular flexibility index (Phi) is 34.3. The van der Waals surface area contributed by atoms with E-state index in [-0.39, 0.29) is 19.5 Å². The van der Waals surface area contributed by atoms with E-state index in [9.17, 15) is 0 Å². The Balaban J connectivity index is -0.000000648. The molecule has 0 amide bonds. The van der Waals surface area contributed by atoms with Crippen LogP contribution in [0.15, 0.2) is 0 Å². The van der Waals surface area contributed by atoms with Crippen LogP contribution < -0.4 is 0 Å². The first-order valence-corrected chi connectivity index (χ1v) is 22.3. The third-order valence-corrected chi connectivity index (χ3v) is 10.7. The zero-order valence-corrected chi connectivity index (χ0v) is 34.5. The third-order valence-electron chi connectivity index (χ3n) is 6.27. The molecule has 0 aliphatic carbocycles. The number of hydrogen-bond donors (Lipinski definition) is 0. The fourth-order valence-corrected chi connectivity index (χ4v) is 6.85. The average molecular weight is 716 g/mol. The molecule has 0 aromatic rings. The van der Waals surface area contributed by atoms with Gasteiger partial charge in [0.2, 0.25) is 0 Å². The van der Waals surface area contributed by atoms with Gasteiger partial charge in [-0.05, 0) is 49.4 Å². The summed E-state index contributed by atoms with van der Waals surface area (Å²) in [5, 5.41) is 0. The van der Waals surface area contributed by atoms with Crippen LogP contribution >= 0.6 is 11.4 Å². The van der Waals surface area contributed by atoms with Crippen molar-refractivity contribution in [3.63, 3.8) is 0 Å². The van der Waals surface area contributed by atoms with Crippen molar-refractivity contribution in [1.82, 2.24) is 0 Å². The molecule has 0 aliphatic heterocycles. The molecule has 4 unspecified atom stereocenters. The van der Waals surface area contributed by atoms with Crippen LogP contribution in [0.5, 0.6) is 0 Å². The summed E-state index contributed by atoms with van der Waals surface area (Å²) < 4.78 is 22.6. The van der Waals surface area contributed by atoms with Gasteiger partial charge >= 0.3 is 19.5 Å². The van der Waals surface area contributed by atoms with Crippen molar-refractivity contribution in [1.29, 1.82) is 0 Å². The second-order valence-electron chi connectivity index (χ2n) is 11.1. The topological polar surface area (TPSA) is 36.9 Å². The largest absolute Gasteiger partial charge is 2.00 e. The van der Waals surface area contributed by atoms with E-state index in [1.807, 2.05) is 0 Å². The van der Waals surface area contributed by atoms with Crippen LogP contribution in [0.25, 0.3) is 0 Å². The third kappa shape index (κ3) is 33.2. The van der Waals surface area contributed by atoms with Gasteiger partial charge in [-0.3, -0.25) is 0 Å². The van der Waals surface area contributed by atoms with Gasteiger partial charge in [-0.25, -0.2) is 0 Å². The first-order chi connectivity index (χ1) is 17.8. The summed E-state index contributed by atoms with van der Waals surface area (Å²) in [4.78, 5) is 0. The van der Waals surface area contributed by atoms with Gasteiger partial charge in [0, 0.05) is 0 Å². The molecule has 0 radical (unpaired) electrons. The van der Waals surface area contributed by atoms with Crippen molar-refractivity contribution >= 4 is 59.5 Å². The van der Waals surface area contributed by atoms with Gasteiger partial charge in [0.15, 0.2) is 0 Å². The van der Waals surface area contributed by atoms with E-state index in [4.69, 9.17) is 66.2 Å². The van der Waals surface area contributed by atoms with Crippen LogP contribution in [0, 0.1) is 23.7 Å². The molecule has 0 aliphatic rings. The van der Waals surface area contributed by atoms with Crippen molar-refractivity contribution in [3.05, 3.63) is 0 Å². The summed E-state index contributed by atoms with van der Waals surface area (Å²) in [7, 11) is 0. The Hall–Kier alpha value is 2.46. The summed E-state index contributed by atoms with van der Waals surface area (Å²) in [5.74, 6) is 2.08. The molecule has 0 bridgehead atoms. The Labute approximate surface area is 277 Å². The maximum absolute atomic E-state index is 5.66. The molecule has 39 heavy (non-hydrogen) atoms. The number of hydrogen-bond acceptors (Lipinski definition) is 8. The fraction of sp³-hybridized carbons (Fsp3) is 1.00. The molecule has 0 N–H and O–H groups in total. The minimum absolute atomic E-state index is 0. The van der Waals surface area contributed by atoms with Gasteiger partial charge in [0.05, 0.1) is 37.8 Å². The van der Waals surface area contributed by atoms with Crippen molar-refractivity contribution in [2.75, 3.05) is 26.4 Å². The molecular formula is C28H60O4P2S4Zn. The molecule has 4 nitrogen and oxygen atoms in total. The average Bonchev–Trinajstić information content (AvgIpc) is 2.88. The van der Waals surface area contributed by atoms with Crippen LogP contribution in [0.1, 0.15) is 132 Å². The van der Waals surface area contributed by atoms with E-state index in [0.29, 0.717) is 50.1 Å². The van der Waals surface area contributed by atoms with Crippen molar-refractivity contribution in [2.45, 2.75) is 132 Å². The molecule has 0 aromatic heterocycles. The minimum atomic E-state index is -2.45. The number of rotatable bonds is 24. The summed E-state index contributed by atoms with van der Waals surface area (Å²) >= 11 is 21.1. The number of unbranched alkanes of at least 4 members (excludes halogenated alkanes) is 4. The molecule has 11 heteroatoms. The van der Waals surface area contributed by atoms with Crippen LogP contribution in [0.3, 0.4) is 0 Å². The Bertz CT molecular complexity index is 538. The molecule has 0 saturated heterocycles. The Morgan fingerprint density at radius 3 is 0.821 bits per heavy atom. The predicted molar refractivity (Wildman–Crippen MR) is 182 cm³/mol. The van der Waals surface area contributed by atoms with E-state index in [0.717, 1.165) is 0 Å². The van der Waals surface area contributed by atoms with Crippen molar-refractivity contribution < 1.29 is 37.6 Å². The molecule has 0 heterocycles. The predicted octanol–water partition coefficient (Wildman–Crippen LogP) is 10.9. The first-order valence-electron chi connectivity index (χ1n) is 15.0. The zero-order chi connectivity index (χ0) is 29.5. The maximum atomic E-state index is 5.66. The standard InChI is InChI=1S/2C14H31O2PS2.Zn/c2*1-5-7-9-13(3)11-15-17(18,19)16-12-14(4)10-8-6-2;/h2*13-14H,5-12H2,1-4H3,(H,18,19);/q;;+2/p-2. The van der Waals surface area contributed by atoms with Crippen molar-refractivity contribution in [2.24, 2.45) is 23.7 Å². The normalized spacial score (nSPS) is 17.5. The molecular weight excluding hydrogens is 656 g/mol. The molecule has 232 valence electrons. The minimum Gasteiger partial charge on any atom is -0.691 e. The van der Waals surface area contributed by atoms with Crippen LogP contribution in [0.2, 0.25) is 0 Å². The van der Waals surface area contributed by atoms with Crippen LogP contribution in [-0.2, 0) is 85.7 Å². The van der Waals surface area contributed by atoms with Crippen LogP contribution in [-0.4, -0.2) is 26.4 Å². The van der Waals surface area contributed by atoms with Crippen LogP contribution in [0.4, 0.5) is 0 Å². The fourth-order valence-electron chi connectivity index (χ4n) is 3.49. The monoisotopic (exact) mass is 714 g/mol. The Morgan fingerprint density at radius 1 is 0.487 bits per heavy atom. The summed E-state index contributed by atoms with van der Waals surface area (Å²) in [5.41, 5.74) is -4.90. The van der Waals surface area contributed by atoms with E-state index in [1.54, 1.807) is 0 Å². The first kappa shape index (κ1) is 45.9. The van der Waals surface area contributed by atoms with Gasteiger partial charge in [-0.1, -0.05) is 130 Å². The summed E-state index contributed by atoms with van der Waals surface area (Å²) in [6.07, 6.45) is 14.5. The van der Waals surface area contributed by atoms with E-state index in [1.165, 1.54) is 77.0 Å². The summed E-state index contributed by atoms with van der Waals surface area (Å²) in [6, 6.07) is 0. The molecule has 0 saturated carbocycles. The zero-order valence-electron chi connectivity index (χ0n) is 26.5. The van der Waals surface area contributed by atoms with Gasteiger partial charge in [-0.15, -0.1) is 0 Å². The van der Waals surface area contributed by atoms with Crippen molar-refractivity contribution in [3.8, 4) is 0 Å². The smallest absolute Gasteiger partial charge is 0.691 e. The second-order valence-corrected chi connectivity index (χ2v) is 21.0.